The maximum Gasteiger partial charge on any atom is 0.248 e. The summed E-state index contributed by atoms with van der Waals surface area (Å²) in [4.78, 5) is 21.1. The molecule has 1 aliphatic heterocycles. The summed E-state index contributed by atoms with van der Waals surface area (Å²) in [6.45, 7) is 1.42. The lowest BCUT2D eigenvalue weighted by Crippen LogP contribution is -2.15. The Morgan fingerprint density at radius 3 is 2.81 bits per heavy atom. The molecule has 1 saturated heterocycles. The summed E-state index contributed by atoms with van der Waals surface area (Å²) in [5.74, 6) is 0.521. The molecule has 32 heavy (non-hydrogen) atoms. The van der Waals surface area contributed by atoms with Crippen molar-refractivity contribution in [1.82, 2.24) is 9.97 Å². The monoisotopic (exact) mass is 456 g/mol. The first-order valence-corrected chi connectivity index (χ1v) is 10.5. The Morgan fingerprint density at radius 2 is 2.06 bits per heavy atom. The van der Waals surface area contributed by atoms with Crippen molar-refractivity contribution >= 4 is 45.6 Å². The van der Waals surface area contributed by atoms with Gasteiger partial charge in [0.05, 0.1) is 23.3 Å². The highest BCUT2D eigenvalue weighted by molar-refractivity contribution is 6.31. The van der Waals surface area contributed by atoms with Crippen molar-refractivity contribution in [2.24, 2.45) is 5.92 Å². The van der Waals surface area contributed by atoms with E-state index in [9.17, 15) is 9.18 Å². The van der Waals surface area contributed by atoms with Crippen LogP contribution >= 0.6 is 11.6 Å². The van der Waals surface area contributed by atoms with Crippen molar-refractivity contribution in [1.29, 1.82) is 0 Å². The van der Waals surface area contributed by atoms with Crippen LogP contribution in [-0.4, -0.2) is 36.2 Å². The van der Waals surface area contributed by atoms with Gasteiger partial charge in [-0.25, -0.2) is 14.4 Å². The number of carbonyl (C=O) groups excluding carboxylic acids is 1. The van der Waals surface area contributed by atoms with Gasteiger partial charge in [0, 0.05) is 30.4 Å². The lowest BCUT2D eigenvalue weighted by atomic mass is 10.00. The quantitative estimate of drug-likeness (QED) is 0.502. The predicted octanol–water partition coefficient (Wildman–Crippen LogP) is 5.10. The molecule has 3 aromatic rings. The van der Waals surface area contributed by atoms with Crippen LogP contribution in [0.25, 0.3) is 10.9 Å². The third-order valence-electron chi connectivity index (χ3n) is 5.18. The molecule has 0 aliphatic carbocycles. The molecule has 2 N–H and O–H groups in total. The van der Waals surface area contributed by atoms with Crippen molar-refractivity contribution in [2.75, 3.05) is 31.0 Å². The van der Waals surface area contributed by atoms with Gasteiger partial charge < -0.3 is 20.1 Å². The van der Waals surface area contributed by atoms with Gasteiger partial charge in [-0.3, -0.25) is 4.79 Å². The lowest BCUT2D eigenvalue weighted by Gasteiger charge is -2.18. The number of anilines is 3. The van der Waals surface area contributed by atoms with Crippen LogP contribution in [0.1, 0.15) is 12.8 Å². The highest BCUT2D eigenvalue weighted by atomic mass is 35.5. The summed E-state index contributed by atoms with van der Waals surface area (Å²) in [7, 11) is 1.52. The van der Waals surface area contributed by atoms with Crippen molar-refractivity contribution in [3.63, 3.8) is 0 Å². The van der Waals surface area contributed by atoms with Gasteiger partial charge in [-0.2, -0.15) is 0 Å². The van der Waals surface area contributed by atoms with E-state index in [1.807, 2.05) is 6.08 Å². The van der Waals surface area contributed by atoms with Crippen molar-refractivity contribution in [3.8, 4) is 5.75 Å². The van der Waals surface area contributed by atoms with E-state index < -0.39 is 5.82 Å². The molecule has 0 saturated carbocycles. The number of benzene rings is 2. The highest BCUT2D eigenvalue weighted by Crippen LogP contribution is 2.33. The first-order chi connectivity index (χ1) is 15.5. The minimum absolute atomic E-state index is 0.000649. The summed E-state index contributed by atoms with van der Waals surface area (Å²) in [5.41, 5.74) is 1.66. The Kier molecular flexibility index (Phi) is 6.82. The number of carbonyl (C=O) groups is 1. The Balaban J connectivity index is 1.60. The van der Waals surface area contributed by atoms with Gasteiger partial charge in [-0.05, 0) is 49.1 Å². The largest absolute Gasteiger partial charge is 0.494 e. The summed E-state index contributed by atoms with van der Waals surface area (Å²) in [6.07, 6.45) is 6.68. The Bertz CT molecular complexity index is 1170. The topological polar surface area (TPSA) is 85.4 Å². The molecule has 166 valence electrons. The zero-order valence-electron chi connectivity index (χ0n) is 17.4. The number of aromatic nitrogens is 2. The molecular weight excluding hydrogens is 435 g/mol. The molecule has 1 amide bonds. The van der Waals surface area contributed by atoms with Crippen molar-refractivity contribution in [3.05, 3.63) is 59.7 Å². The number of hydrogen-bond acceptors (Lipinski definition) is 6. The molecular formula is C23H22ClFN4O3. The van der Waals surface area contributed by atoms with E-state index in [4.69, 9.17) is 21.1 Å². The number of ether oxygens (including phenoxy) is 2. The molecule has 9 heteroatoms. The zero-order valence-corrected chi connectivity index (χ0v) is 18.2. The molecule has 0 atom stereocenters. The minimum atomic E-state index is -0.506. The molecule has 4 rings (SSSR count). The second kappa shape index (κ2) is 9.93. The molecule has 0 bridgehead atoms. The van der Waals surface area contributed by atoms with Gasteiger partial charge in [0.2, 0.25) is 5.91 Å². The van der Waals surface area contributed by atoms with Gasteiger partial charge in [-0.15, -0.1) is 0 Å². The van der Waals surface area contributed by atoms with E-state index in [0.717, 1.165) is 12.8 Å². The van der Waals surface area contributed by atoms with Crippen LogP contribution in [0.3, 0.4) is 0 Å². The fraction of sp³-hybridized carbons (Fsp3) is 0.261. The number of nitrogens with zero attached hydrogens (tertiary/aromatic N) is 2. The van der Waals surface area contributed by atoms with Crippen LogP contribution in [0.5, 0.6) is 5.75 Å². The van der Waals surface area contributed by atoms with Gasteiger partial charge in [0.15, 0.2) is 0 Å². The second-order valence-corrected chi connectivity index (χ2v) is 7.75. The first-order valence-electron chi connectivity index (χ1n) is 10.1. The van der Waals surface area contributed by atoms with E-state index in [1.54, 1.807) is 24.3 Å². The predicted molar refractivity (Wildman–Crippen MR) is 122 cm³/mol. The number of halogens is 2. The number of allylic oxidation sites excluding steroid dienone is 1. The molecule has 0 radical (unpaired) electrons. The fourth-order valence-electron chi connectivity index (χ4n) is 3.47. The molecule has 2 heterocycles. The molecule has 1 fully saturated rings. The number of nitrogens with one attached hydrogen (secondary N) is 2. The smallest absolute Gasteiger partial charge is 0.248 e. The summed E-state index contributed by atoms with van der Waals surface area (Å²) >= 11 is 5.88. The highest BCUT2D eigenvalue weighted by Gasteiger charge is 2.14. The minimum Gasteiger partial charge on any atom is -0.494 e. The van der Waals surface area contributed by atoms with Crippen LogP contribution in [0.15, 0.2) is 48.8 Å². The molecule has 0 spiro atoms. The summed E-state index contributed by atoms with van der Waals surface area (Å²) in [5, 5.41) is 6.63. The zero-order chi connectivity index (χ0) is 22.5. The molecule has 0 unspecified atom stereocenters. The molecule has 7 nitrogen and oxygen atoms in total. The van der Waals surface area contributed by atoms with Crippen LogP contribution < -0.4 is 15.4 Å². The third kappa shape index (κ3) is 5.15. The Labute approximate surface area is 189 Å². The lowest BCUT2D eigenvalue weighted by molar-refractivity contribution is -0.112. The second-order valence-electron chi connectivity index (χ2n) is 7.34. The van der Waals surface area contributed by atoms with E-state index in [-0.39, 0.29) is 10.9 Å². The summed E-state index contributed by atoms with van der Waals surface area (Å²) in [6, 6.07) is 7.76. The SMILES string of the molecule is COc1cc2ncnc(Nc3ccc(F)c(Cl)c3)c2cc1NC(=O)C=CC1CCOCC1. The average Bonchev–Trinajstić information content (AvgIpc) is 2.81. The number of hydrogen-bond donors (Lipinski definition) is 2. The summed E-state index contributed by atoms with van der Waals surface area (Å²) < 4.78 is 24.3. The standard InChI is InChI=1S/C23H22ClFN4O3/c1-31-21-12-19-16(11-20(21)29-22(30)5-2-14-6-8-32-9-7-14)23(27-13-26-19)28-15-3-4-18(25)17(24)10-15/h2-5,10-14H,6-9H2,1H3,(H,29,30)(H,26,27,28). The third-order valence-corrected chi connectivity index (χ3v) is 5.47. The Morgan fingerprint density at radius 1 is 1.25 bits per heavy atom. The van der Waals surface area contributed by atoms with Gasteiger partial charge in [-0.1, -0.05) is 17.7 Å². The van der Waals surface area contributed by atoms with Crippen LogP contribution in [0.4, 0.5) is 21.6 Å². The Hall–Kier alpha value is -3.23. The van der Waals surface area contributed by atoms with E-state index in [1.165, 1.54) is 25.6 Å². The van der Waals surface area contributed by atoms with Crippen LogP contribution in [0, 0.1) is 11.7 Å². The van der Waals surface area contributed by atoms with Gasteiger partial charge in [0.25, 0.3) is 0 Å². The van der Waals surface area contributed by atoms with Crippen molar-refractivity contribution < 1.29 is 18.7 Å². The normalized spacial score (nSPS) is 14.6. The molecule has 2 aromatic carbocycles. The van der Waals surface area contributed by atoms with Gasteiger partial charge in [0.1, 0.15) is 23.7 Å². The maximum atomic E-state index is 13.5. The number of rotatable bonds is 6. The molecule has 1 aromatic heterocycles. The molecule has 1 aliphatic rings. The van der Waals surface area contributed by atoms with Crippen LogP contribution in [-0.2, 0) is 9.53 Å². The number of fused-ring (bicyclic) bond motifs is 1. The van der Waals surface area contributed by atoms with E-state index >= 15 is 0 Å². The van der Waals surface area contributed by atoms with Gasteiger partial charge >= 0.3 is 0 Å². The van der Waals surface area contributed by atoms with E-state index in [0.29, 0.717) is 53.0 Å². The van der Waals surface area contributed by atoms with Crippen LogP contribution in [0.2, 0.25) is 5.02 Å². The van der Waals surface area contributed by atoms with Crippen molar-refractivity contribution in [2.45, 2.75) is 12.8 Å². The van der Waals surface area contributed by atoms with E-state index in [2.05, 4.69) is 20.6 Å². The number of methoxy groups -OCH3 is 1. The fourth-order valence-corrected chi connectivity index (χ4v) is 3.65. The number of amides is 1. The first kappa shape index (κ1) is 22.0. The maximum absolute atomic E-state index is 13.5. The average molecular weight is 457 g/mol.